The predicted molar refractivity (Wildman–Crippen MR) is 91.0 cm³/mol. The van der Waals surface area contributed by atoms with Gasteiger partial charge in [-0.25, -0.2) is 13.1 Å². The molecule has 0 fully saturated rings. The minimum absolute atomic E-state index is 0.0739. The van der Waals surface area contributed by atoms with E-state index in [1.54, 1.807) is 37.3 Å². The zero-order valence-electron chi connectivity index (χ0n) is 13.0. The summed E-state index contributed by atoms with van der Waals surface area (Å²) in [5.74, 6) is -0.537. The van der Waals surface area contributed by atoms with Gasteiger partial charge in [-0.3, -0.25) is 4.79 Å². The molecule has 0 unspecified atom stereocenters. The van der Waals surface area contributed by atoms with Crippen LogP contribution in [0.15, 0.2) is 47.4 Å². The van der Waals surface area contributed by atoms with Gasteiger partial charge >= 0.3 is 0 Å². The maximum Gasteiger partial charge on any atom is 0.264 e. The Bertz CT molecular complexity index is 831. The predicted octanol–water partition coefficient (Wildman–Crippen LogP) is 3.39. The summed E-state index contributed by atoms with van der Waals surface area (Å²) in [5, 5.41) is 0.589. The largest absolute Gasteiger partial charge is 0.274 e. The third-order valence-electron chi connectivity index (χ3n) is 3.40. The number of halogens is 1. The average Bonchev–Trinajstić information content (AvgIpc) is 2.44. The molecular formula is C17H18ClNO3S. The number of hydrogen-bond donors (Lipinski definition) is 1. The van der Waals surface area contributed by atoms with Crippen LogP contribution < -0.4 is 4.72 Å². The van der Waals surface area contributed by atoms with Crippen molar-refractivity contribution in [2.24, 2.45) is 0 Å². The number of aryl methyl sites for hydroxylation is 3. The van der Waals surface area contributed by atoms with Crippen LogP contribution in [0.25, 0.3) is 0 Å². The molecule has 0 aliphatic heterocycles. The van der Waals surface area contributed by atoms with Crippen molar-refractivity contribution in [3.05, 3.63) is 64.2 Å². The number of nitrogens with one attached hydrogen (secondary N) is 1. The summed E-state index contributed by atoms with van der Waals surface area (Å²) in [7, 11) is -3.85. The van der Waals surface area contributed by atoms with Gasteiger partial charge in [-0.15, -0.1) is 0 Å². The van der Waals surface area contributed by atoms with E-state index in [-0.39, 0.29) is 11.3 Å². The molecule has 4 nitrogen and oxygen atoms in total. The highest BCUT2D eigenvalue weighted by molar-refractivity contribution is 7.90. The van der Waals surface area contributed by atoms with Gasteiger partial charge in [0.1, 0.15) is 0 Å². The van der Waals surface area contributed by atoms with E-state index in [0.717, 1.165) is 11.1 Å². The van der Waals surface area contributed by atoms with Gasteiger partial charge < -0.3 is 0 Å². The Morgan fingerprint density at radius 2 is 1.87 bits per heavy atom. The highest BCUT2D eigenvalue weighted by Crippen LogP contribution is 2.17. The van der Waals surface area contributed by atoms with Gasteiger partial charge in [-0.05, 0) is 49.6 Å². The van der Waals surface area contributed by atoms with Gasteiger partial charge in [-0.2, -0.15) is 0 Å². The summed E-state index contributed by atoms with van der Waals surface area (Å²) in [6, 6.07) is 12.1. The Morgan fingerprint density at radius 3 is 2.52 bits per heavy atom. The summed E-state index contributed by atoms with van der Waals surface area (Å²) < 4.78 is 26.7. The second-order valence-corrected chi connectivity index (χ2v) is 7.51. The summed E-state index contributed by atoms with van der Waals surface area (Å²) in [5.41, 5.74) is 2.46. The molecular weight excluding hydrogens is 334 g/mol. The molecule has 0 saturated heterocycles. The Morgan fingerprint density at radius 1 is 1.13 bits per heavy atom. The molecule has 2 aromatic rings. The molecule has 0 heterocycles. The molecule has 0 saturated carbocycles. The van der Waals surface area contributed by atoms with Crippen LogP contribution in [0.3, 0.4) is 0 Å². The first-order valence-corrected chi connectivity index (χ1v) is 9.01. The van der Waals surface area contributed by atoms with Crippen molar-refractivity contribution < 1.29 is 13.2 Å². The quantitative estimate of drug-likeness (QED) is 0.898. The number of amides is 1. The molecule has 0 aromatic heterocycles. The number of sulfonamides is 1. The number of carbonyl (C=O) groups excluding carboxylic acids is 1. The molecule has 122 valence electrons. The number of carbonyl (C=O) groups is 1. The van der Waals surface area contributed by atoms with Crippen LogP contribution in [0.2, 0.25) is 5.02 Å². The standard InChI is InChI=1S/C17H18ClNO3S/c1-12-6-8-16(13(2)10-12)23(21,22)19-17(20)9-7-14-4-3-5-15(18)11-14/h3-6,8,10-11H,7,9H2,1-2H3,(H,19,20). The smallest absolute Gasteiger partial charge is 0.264 e. The van der Waals surface area contributed by atoms with Crippen LogP contribution in [0, 0.1) is 13.8 Å². The van der Waals surface area contributed by atoms with Crippen LogP contribution in [0.1, 0.15) is 23.1 Å². The summed E-state index contributed by atoms with van der Waals surface area (Å²) in [6.07, 6.45) is 0.499. The Hall–Kier alpha value is -1.85. The van der Waals surface area contributed by atoms with E-state index in [9.17, 15) is 13.2 Å². The first kappa shape index (κ1) is 17.5. The lowest BCUT2D eigenvalue weighted by molar-refractivity contribution is -0.119. The first-order valence-electron chi connectivity index (χ1n) is 7.15. The monoisotopic (exact) mass is 351 g/mol. The van der Waals surface area contributed by atoms with E-state index in [4.69, 9.17) is 11.6 Å². The molecule has 23 heavy (non-hydrogen) atoms. The van der Waals surface area contributed by atoms with E-state index in [1.807, 2.05) is 13.0 Å². The van der Waals surface area contributed by atoms with Crippen molar-refractivity contribution in [2.45, 2.75) is 31.6 Å². The minimum atomic E-state index is -3.85. The van der Waals surface area contributed by atoms with Crippen molar-refractivity contribution in [1.82, 2.24) is 4.72 Å². The Kier molecular flexibility index (Phi) is 5.44. The molecule has 2 aromatic carbocycles. The lowest BCUT2D eigenvalue weighted by Crippen LogP contribution is -2.31. The van der Waals surface area contributed by atoms with E-state index in [1.165, 1.54) is 6.07 Å². The Labute approximate surface area is 141 Å². The van der Waals surface area contributed by atoms with E-state index in [0.29, 0.717) is 17.0 Å². The fourth-order valence-corrected chi connectivity index (χ4v) is 3.76. The van der Waals surface area contributed by atoms with Crippen molar-refractivity contribution in [3.63, 3.8) is 0 Å². The highest BCUT2D eigenvalue weighted by Gasteiger charge is 2.19. The fraction of sp³-hybridized carbons (Fsp3) is 0.235. The molecule has 0 aliphatic carbocycles. The van der Waals surface area contributed by atoms with Gasteiger partial charge in [0.15, 0.2) is 0 Å². The van der Waals surface area contributed by atoms with Gasteiger partial charge in [-0.1, -0.05) is 41.4 Å². The molecule has 1 amide bonds. The fourth-order valence-electron chi connectivity index (χ4n) is 2.31. The maximum absolute atomic E-state index is 12.3. The molecule has 2 rings (SSSR count). The first-order chi connectivity index (χ1) is 10.8. The van der Waals surface area contributed by atoms with Gasteiger partial charge in [0.2, 0.25) is 5.91 Å². The summed E-state index contributed by atoms with van der Waals surface area (Å²) >= 11 is 5.88. The summed E-state index contributed by atoms with van der Waals surface area (Å²) in [6.45, 7) is 3.59. The third kappa shape index (κ3) is 4.81. The number of rotatable bonds is 5. The van der Waals surface area contributed by atoms with Gasteiger partial charge in [0, 0.05) is 11.4 Å². The summed E-state index contributed by atoms with van der Waals surface area (Å²) in [4.78, 5) is 12.1. The van der Waals surface area contributed by atoms with E-state index >= 15 is 0 Å². The number of hydrogen-bond acceptors (Lipinski definition) is 3. The molecule has 0 atom stereocenters. The van der Waals surface area contributed by atoms with Crippen molar-refractivity contribution in [3.8, 4) is 0 Å². The SMILES string of the molecule is Cc1ccc(S(=O)(=O)NC(=O)CCc2cccc(Cl)c2)c(C)c1. The molecule has 0 radical (unpaired) electrons. The van der Waals surface area contributed by atoms with Crippen molar-refractivity contribution in [2.75, 3.05) is 0 Å². The third-order valence-corrected chi connectivity index (χ3v) is 5.17. The van der Waals surface area contributed by atoms with Crippen LogP contribution in [0.4, 0.5) is 0 Å². The second-order valence-electron chi connectivity index (χ2n) is 5.43. The number of benzene rings is 2. The van der Waals surface area contributed by atoms with Crippen molar-refractivity contribution in [1.29, 1.82) is 0 Å². The molecule has 0 spiro atoms. The zero-order chi connectivity index (χ0) is 17.0. The maximum atomic E-state index is 12.3. The van der Waals surface area contributed by atoms with Crippen LogP contribution >= 0.6 is 11.6 Å². The second kappa shape index (κ2) is 7.15. The normalized spacial score (nSPS) is 11.3. The minimum Gasteiger partial charge on any atom is -0.274 e. The average molecular weight is 352 g/mol. The highest BCUT2D eigenvalue weighted by atomic mass is 35.5. The molecule has 6 heteroatoms. The van der Waals surface area contributed by atoms with E-state index < -0.39 is 15.9 Å². The zero-order valence-corrected chi connectivity index (χ0v) is 14.5. The lowest BCUT2D eigenvalue weighted by Gasteiger charge is -2.10. The molecule has 0 aliphatic rings. The Balaban J connectivity index is 2.04. The van der Waals surface area contributed by atoms with Gasteiger partial charge in [0.25, 0.3) is 10.0 Å². The van der Waals surface area contributed by atoms with Gasteiger partial charge in [0.05, 0.1) is 4.90 Å². The molecule has 1 N–H and O–H groups in total. The van der Waals surface area contributed by atoms with Crippen LogP contribution in [-0.4, -0.2) is 14.3 Å². The van der Waals surface area contributed by atoms with E-state index in [2.05, 4.69) is 4.72 Å². The van der Waals surface area contributed by atoms with Crippen LogP contribution in [0.5, 0.6) is 0 Å². The lowest BCUT2D eigenvalue weighted by atomic mass is 10.1. The van der Waals surface area contributed by atoms with Crippen LogP contribution in [-0.2, 0) is 21.2 Å². The van der Waals surface area contributed by atoms with Crippen molar-refractivity contribution >= 4 is 27.5 Å². The molecule has 0 bridgehead atoms. The topological polar surface area (TPSA) is 63.2 Å².